The van der Waals surface area contributed by atoms with Crippen LogP contribution < -0.4 is 5.32 Å². The first-order valence-corrected chi connectivity index (χ1v) is 13.9. The van der Waals surface area contributed by atoms with E-state index < -0.39 is 11.5 Å². The first-order chi connectivity index (χ1) is 18.2. The van der Waals surface area contributed by atoms with Crippen LogP contribution in [0.4, 0.5) is 10.5 Å². The maximum Gasteiger partial charge on any atom is 0.321 e. The van der Waals surface area contributed by atoms with Gasteiger partial charge in [0.15, 0.2) is 0 Å². The van der Waals surface area contributed by atoms with Gasteiger partial charge in [0.25, 0.3) is 0 Å². The standard InChI is InChI=1S/C29H39ClN6O2/c1-29(2,27(37)25-17-23(30)16-21-18-31-33-26(21)25)22-8-10-36(11-9-22)28(38)32-24-6-4-20(5-7-24)19-35-14-12-34(3)13-15-35/h4-7,16-18,22,27,37H,8-15,19H2,1-3H3,(H,31,33)(H,32,38)/t27-/m1/s1. The van der Waals surface area contributed by atoms with Gasteiger partial charge in [0, 0.05) is 67.5 Å². The van der Waals surface area contributed by atoms with Crippen molar-refractivity contribution >= 4 is 34.2 Å². The number of benzene rings is 2. The molecule has 3 aromatic rings. The molecule has 0 spiro atoms. The number of anilines is 1. The zero-order valence-corrected chi connectivity index (χ0v) is 23.3. The van der Waals surface area contributed by atoms with Crippen molar-refractivity contribution in [2.24, 2.45) is 11.3 Å². The molecule has 2 fully saturated rings. The second-order valence-corrected chi connectivity index (χ2v) is 12.0. The number of carbonyl (C=O) groups excluding carboxylic acids is 1. The zero-order chi connectivity index (χ0) is 26.9. The number of piperazine rings is 1. The number of amides is 2. The lowest BCUT2D eigenvalue weighted by molar-refractivity contribution is -0.0138. The Labute approximate surface area is 229 Å². The largest absolute Gasteiger partial charge is 0.388 e. The van der Waals surface area contributed by atoms with Gasteiger partial charge < -0.3 is 20.2 Å². The van der Waals surface area contributed by atoms with E-state index in [-0.39, 0.29) is 11.9 Å². The Morgan fingerprint density at radius 3 is 2.50 bits per heavy atom. The smallest absolute Gasteiger partial charge is 0.321 e. The van der Waals surface area contributed by atoms with Gasteiger partial charge in [-0.15, -0.1) is 0 Å². The molecule has 1 aromatic heterocycles. The highest BCUT2D eigenvalue weighted by Gasteiger charge is 2.40. The lowest BCUT2D eigenvalue weighted by atomic mass is 9.68. The number of aromatic nitrogens is 2. The van der Waals surface area contributed by atoms with Crippen LogP contribution in [-0.4, -0.2) is 82.4 Å². The number of piperidine rings is 1. The lowest BCUT2D eigenvalue weighted by Crippen LogP contribution is -2.45. The average molecular weight is 539 g/mol. The number of nitrogens with zero attached hydrogens (tertiary/aromatic N) is 4. The highest BCUT2D eigenvalue weighted by molar-refractivity contribution is 6.31. The fourth-order valence-corrected chi connectivity index (χ4v) is 6.11. The molecule has 2 aliphatic rings. The summed E-state index contributed by atoms with van der Waals surface area (Å²) < 4.78 is 0. The molecule has 2 amide bonds. The number of rotatable bonds is 6. The maximum atomic E-state index is 13.0. The van der Waals surface area contributed by atoms with Crippen LogP contribution in [0.2, 0.25) is 5.02 Å². The number of likely N-dealkylation sites (N-methyl/N-ethyl adjacent to an activating group) is 1. The molecule has 204 valence electrons. The zero-order valence-electron chi connectivity index (χ0n) is 22.6. The molecule has 2 saturated heterocycles. The number of nitrogens with one attached hydrogen (secondary N) is 2. The van der Waals surface area contributed by atoms with Gasteiger partial charge in [-0.3, -0.25) is 10.00 Å². The van der Waals surface area contributed by atoms with Crippen molar-refractivity contribution in [2.75, 3.05) is 51.6 Å². The quantitative estimate of drug-likeness (QED) is 0.412. The number of likely N-dealkylation sites (tertiary alicyclic amines) is 1. The van der Waals surface area contributed by atoms with Gasteiger partial charge >= 0.3 is 6.03 Å². The van der Waals surface area contributed by atoms with Crippen LogP contribution in [0.1, 0.15) is 43.9 Å². The Morgan fingerprint density at radius 1 is 1.13 bits per heavy atom. The minimum absolute atomic E-state index is 0.0670. The van der Waals surface area contributed by atoms with Crippen molar-refractivity contribution in [2.45, 2.75) is 39.3 Å². The predicted molar refractivity (Wildman–Crippen MR) is 152 cm³/mol. The number of H-pyrrole nitrogens is 1. The van der Waals surface area contributed by atoms with Crippen molar-refractivity contribution < 1.29 is 9.90 Å². The molecule has 2 aliphatic heterocycles. The van der Waals surface area contributed by atoms with E-state index in [1.165, 1.54) is 5.56 Å². The molecule has 0 unspecified atom stereocenters. The summed E-state index contributed by atoms with van der Waals surface area (Å²) in [5.74, 6) is 0.257. The number of aliphatic hydroxyl groups is 1. The van der Waals surface area contributed by atoms with Crippen LogP contribution in [0, 0.1) is 11.3 Å². The van der Waals surface area contributed by atoms with E-state index in [2.05, 4.69) is 58.3 Å². The SMILES string of the molecule is CN1CCN(Cc2ccc(NC(=O)N3CCC(C(C)(C)[C@H](O)c4cc(Cl)cc5cn[nH]c45)CC3)cc2)CC1. The van der Waals surface area contributed by atoms with Crippen molar-refractivity contribution in [1.82, 2.24) is 24.9 Å². The summed E-state index contributed by atoms with van der Waals surface area (Å²) in [6, 6.07) is 11.8. The summed E-state index contributed by atoms with van der Waals surface area (Å²) in [7, 11) is 2.17. The van der Waals surface area contributed by atoms with Gasteiger partial charge in [0.05, 0.1) is 17.8 Å². The van der Waals surface area contributed by atoms with E-state index in [1.807, 2.05) is 29.2 Å². The summed E-state index contributed by atoms with van der Waals surface area (Å²) in [4.78, 5) is 19.7. The second-order valence-electron chi connectivity index (χ2n) is 11.5. The molecule has 0 aliphatic carbocycles. The van der Waals surface area contributed by atoms with Crippen LogP contribution in [0.5, 0.6) is 0 Å². The number of urea groups is 1. The van der Waals surface area contributed by atoms with Crippen LogP contribution in [0.25, 0.3) is 10.9 Å². The van der Waals surface area contributed by atoms with Crippen LogP contribution in [0.3, 0.4) is 0 Å². The van der Waals surface area contributed by atoms with Crippen LogP contribution >= 0.6 is 11.6 Å². The molecule has 8 nitrogen and oxygen atoms in total. The van der Waals surface area contributed by atoms with Gasteiger partial charge in [0.2, 0.25) is 0 Å². The van der Waals surface area contributed by atoms with Crippen LogP contribution in [0.15, 0.2) is 42.6 Å². The van der Waals surface area contributed by atoms with Gasteiger partial charge in [-0.05, 0) is 61.1 Å². The van der Waals surface area contributed by atoms with Gasteiger partial charge in [0.1, 0.15) is 0 Å². The first kappa shape index (κ1) is 26.9. The van der Waals surface area contributed by atoms with E-state index in [4.69, 9.17) is 11.6 Å². The third-order valence-electron chi connectivity index (χ3n) is 8.59. The molecule has 38 heavy (non-hydrogen) atoms. The number of aromatic amines is 1. The summed E-state index contributed by atoms with van der Waals surface area (Å²) in [6.07, 6.45) is 2.67. The minimum Gasteiger partial charge on any atom is -0.388 e. The minimum atomic E-state index is -0.709. The maximum absolute atomic E-state index is 13.0. The molecule has 5 rings (SSSR count). The number of hydrogen-bond acceptors (Lipinski definition) is 5. The number of hydrogen-bond donors (Lipinski definition) is 3. The highest BCUT2D eigenvalue weighted by atomic mass is 35.5. The van der Waals surface area contributed by atoms with Crippen LogP contribution in [-0.2, 0) is 6.54 Å². The normalized spacial score (nSPS) is 19.1. The summed E-state index contributed by atoms with van der Waals surface area (Å²) >= 11 is 6.33. The Hall–Kier alpha value is -2.65. The van der Waals surface area contributed by atoms with E-state index in [9.17, 15) is 9.90 Å². The van der Waals surface area contributed by atoms with Gasteiger partial charge in [-0.25, -0.2) is 4.79 Å². The van der Waals surface area contributed by atoms with Crippen molar-refractivity contribution in [1.29, 1.82) is 0 Å². The highest BCUT2D eigenvalue weighted by Crippen LogP contribution is 2.46. The molecule has 0 saturated carbocycles. The van der Waals surface area contributed by atoms with Crippen molar-refractivity contribution in [3.8, 4) is 0 Å². The predicted octanol–water partition coefficient (Wildman–Crippen LogP) is 4.97. The van der Waals surface area contributed by atoms with Gasteiger partial charge in [-0.1, -0.05) is 37.6 Å². The summed E-state index contributed by atoms with van der Waals surface area (Å²) in [5.41, 5.74) is 3.28. The molecule has 3 heterocycles. The first-order valence-electron chi connectivity index (χ1n) is 13.6. The number of halogens is 1. The Balaban J connectivity index is 1.15. The van der Waals surface area contributed by atoms with Crippen molar-refractivity contribution in [3.63, 3.8) is 0 Å². The molecule has 2 aromatic carbocycles. The molecule has 3 N–H and O–H groups in total. The third-order valence-corrected chi connectivity index (χ3v) is 8.80. The van der Waals surface area contributed by atoms with E-state index in [0.29, 0.717) is 18.1 Å². The molecule has 0 bridgehead atoms. The topological polar surface area (TPSA) is 87.7 Å². The summed E-state index contributed by atoms with van der Waals surface area (Å²) in [5, 5.41) is 23.1. The molecule has 1 atom stereocenters. The average Bonchev–Trinajstić information content (AvgIpc) is 3.38. The fourth-order valence-electron chi connectivity index (χ4n) is 5.87. The second kappa shape index (κ2) is 11.2. The fraction of sp³-hybridized carbons (Fsp3) is 0.517. The Kier molecular flexibility index (Phi) is 7.95. The third kappa shape index (κ3) is 5.83. The van der Waals surface area contributed by atoms with Gasteiger partial charge in [-0.2, -0.15) is 5.10 Å². The molecule has 0 radical (unpaired) electrons. The number of aliphatic hydroxyl groups excluding tert-OH is 1. The monoisotopic (exact) mass is 538 g/mol. The van der Waals surface area contributed by atoms with Crippen molar-refractivity contribution in [3.05, 3.63) is 58.7 Å². The Morgan fingerprint density at radius 2 is 1.82 bits per heavy atom. The molecular formula is C29H39ClN6O2. The molecule has 9 heteroatoms. The number of carbonyl (C=O) groups is 1. The van der Waals surface area contributed by atoms with E-state index in [0.717, 1.165) is 67.7 Å². The van der Waals surface area contributed by atoms with E-state index >= 15 is 0 Å². The Bertz CT molecular complexity index is 1240. The summed E-state index contributed by atoms with van der Waals surface area (Å²) in [6.45, 7) is 10.8. The molecular weight excluding hydrogens is 500 g/mol. The lowest BCUT2D eigenvalue weighted by Gasteiger charge is -2.43. The number of fused-ring (bicyclic) bond motifs is 1. The van der Waals surface area contributed by atoms with E-state index in [1.54, 1.807) is 6.20 Å².